The molecule has 1 aliphatic rings. The highest BCUT2D eigenvalue weighted by Gasteiger charge is 2.22. The molecule has 0 aliphatic carbocycles. The van der Waals surface area contributed by atoms with E-state index in [4.69, 9.17) is 32.4 Å². The number of hydrogen-bond donors (Lipinski definition) is 1. The van der Waals surface area contributed by atoms with Crippen LogP contribution in [-0.2, 0) is 22.5 Å². The Balaban J connectivity index is 1.28. The minimum atomic E-state index is -0.111. The van der Waals surface area contributed by atoms with Crippen molar-refractivity contribution in [2.75, 3.05) is 26.2 Å². The van der Waals surface area contributed by atoms with E-state index in [2.05, 4.69) is 15.2 Å². The van der Waals surface area contributed by atoms with Crippen molar-refractivity contribution >= 4 is 29.1 Å². The molecule has 1 amide bonds. The summed E-state index contributed by atoms with van der Waals surface area (Å²) in [4.78, 5) is 19.3. The van der Waals surface area contributed by atoms with Crippen molar-refractivity contribution in [3.05, 3.63) is 75.6 Å². The second-order valence-corrected chi connectivity index (χ2v) is 8.59. The predicted octanol–water partition coefficient (Wildman–Crippen LogP) is 4.52. The first-order valence-corrected chi connectivity index (χ1v) is 11.3. The van der Waals surface area contributed by atoms with Crippen molar-refractivity contribution in [1.29, 1.82) is 0 Å². The Morgan fingerprint density at radius 3 is 2.81 bits per heavy atom. The van der Waals surface area contributed by atoms with Crippen LogP contribution in [0.15, 0.2) is 52.9 Å². The van der Waals surface area contributed by atoms with Gasteiger partial charge in [0.2, 0.25) is 11.8 Å². The number of aryl methyl sites for hydroxylation is 1. The summed E-state index contributed by atoms with van der Waals surface area (Å²) in [5, 5.41) is 4.10. The minimum absolute atomic E-state index is 0.0936. The highest BCUT2D eigenvalue weighted by molar-refractivity contribution is 6.42. The average molecular weight is 474 g/mol. The molecule has 0 radical (unpaired) electrons. The number of nitrogens with zero attached hydrogens (tertiary/aromatic N) is 2. The van der Waals surface area contributed by atoms with Gasteiger partial charge in [0.15, 0.2) is 0 Å². The van der Waals surface area contributed by atoms with E-state index >= 15 is 0 Å². The number of ether oxygens (including phenoxy) is 1. The first-order chi connectivity index (χ1) is 15.5. The Labute approximate surface area is 197 Å². The van der Waals surface area contributed by atoms with Gasteiger partial charge in [-0.1, -0.05) is 53.5 Å². The lowest BCUT2D eigenvalue weighted by Crippen LogP contribution is -2.47. The third kappa shape index (κ3) is 5.70. The average Bonchev–Trinajstić information content (AvgIpc) is 3.16. The zero-order chi connectivity index (χ0) is 22.5. The van der Waals surface area contributed by atoms with Crippen molar-refractivity contribution < 1.29 is 13.9 Å². The number of benzene rings is 2. The van der Waals surface area contributed by atoms with Crippen LogP contribution in [0.1, 0.15) is 17.0 Å². The van der Waals surface area contributed by atoms with Crippen LogP contribution in [0.3, 0.4) is 0 Å². The molecule has 2 heterocycles. The number of rotatable bonds is 7. The summed E-state index contributed by atoms with van der Waals surface area (Å²) in [6.45, 7) is 5.04. The lowest BCUT2D eigenvalue weighted by molar-refractivity contribution is -0.121. The highest BCUT2D eigenvalue weighted by atomic mass is 35.5. The monoisotopic (exact) mass is 473 g/mol. The number of halogens is 2. The van der Waals surface area contributed by atoms with Crippen molar-refractivity contribution in [1.82, 2.24) is 15.2 Å². The lowest BCUT2D eigenvalue weighted by atomic mass is 10.2. The van der Waals surface area contributed by atoms with Crippen LogP contribution in [0.5, 0.6) is 0 Å². The molecule has 8 heteroatoms. The Morgan fingerprint density at radius 1 is 1.19 bits per heavy atom. The summed E-state index contributed by atoms with van der Waals surface area (Å²) in [6, 6.07) is 15.3. The standard InChI is InChI=1S/C24H25Cl2N3O3/c1-16-21(28-24(32-16)17-6-3-2-4-7-17)12-22(30)27-13-19-15-29(10-11-31-19)14-18-8-5-9-20(25)23(18)26/h2-9,19H,10-15H2,1H3,(H,27,30)/t19-/m0/s1. The molecular weight excluding hydrogens is 449 g/mol. The number of hydrogen-bond acceptors (Lipinski definition) is 5. The Hall–Kier alpha value is -2.38. The van der Waals surface area contributed by atoms with Gasteiger partial charge in [0.05, 0.1) is 34.9 Å². The third-order valence-electron chi connectivity index (χ3n) is 5.42. The fraction of sp³-hybridized carbons (Fsp3) is 0.333. The molecule has 4 rings (SSSR count). The molecule has 1 fully saturated rings. The lowest BCUT2D eigenvalue weighted by Gasteiger charge is -2.33. The van der Waals surface area contributed by atoms with Gasteiger partial charge in [-0.2, -0.15) is 0 Å². The number of amides is 1. The van der Waals surface area contributed by atoms with E-state index < -0.39 is 0 Å². The molecule has 6 nitrogen and oxygen atoms in total. The molecule has 1 saturated heterocycles. The van der Waals surface area contributed by atoms with Gasteiger partial charge in [-0.15, -0.1) is 0 Å². The van der Waals surface area contributed by atoms with Crippen LogP contribution in [-0.4, -0.2) is 48.1 Å². The first kappa shape index (κ1) is 22.8. The number of carbonyl (C=O) groups excluding carboxylic acids is 1. The zero-order valence-electron chi connectivity index (χ0n) is 17.8. The Morgan fingerprint density at radius 2 is 2.00 bits per heavy atom. The maximum absolute atomic E-state index is 12.5. The molecule has 0 unspecified atom stereocenters. The molecule has 1 atom stereocenters. The Bertz CT molecular complexity index is 1070. The van der Waals surface area contributed by atoms with Crippen molar-refractivity contribution in [2.45, 2.75) is 26.0 Å². The van der Waals surface area contributed by atoms with Crippen LogP contribution in [0.25, 0.3) is 11.5 Å². The largest absolute Gasteiger partial charge is 0.441 e. The number of oxazole rings is 1. The Kier molecular flexibility index (Phi) is 7.48. The van der Waals surface area contributed by atoms with Crippen molar-refractivity contribution in [3.8, 4) is 11.5 Å². The van der Waals surface area contributed by atoms with Gasteiger partial charge in [-0.25, -0.2) is 4.98 Å². The molecule has 0 saturated carbocycles. The molecule has 1 N–H and O–H groups in total. The molecule has 2 aromatic carbocycles. The number of carbonyl (C=O) groups is 1. The number of morpholine rings is 1. The second kappa shape index (κ2) is 10.5. The number of aromatic nitrogens is 1. The van der Waals surface area contributed by atoms with E-state index in [9.17, 15) is 4.79 Å². The van der Waals surface area contributed by atoms with Gasteiger partial charge in [-0.3, -0.25) is 9.69 Å². The summed E-state index contributed by atoms with van der Waals surface area (Å²) >= 11 is 12.4. The van der Waals surface area contributed by atoms with Gasteiger partial charge in [0.1, 0.15) is 5.76 Å². The molecule has 168 valence electrons. The fourth-order valence-electron chi connectivity index (χ4n) is 3.70. The van der Waals surface area contributed by atoms with Gasteiger partial charge in [-0.05, 0) is 30.7 Å². The van der Waals surface area contributed by atoms with Crippen LogP contribution in [0, 0.1) is 6.92 Å². The van der Waals surface area contributed by atoms with E-state index in [1.807, 2.05) is 49.4 Å². The van der Waals surface area contributed by atoms with Gasteiger partial charge >= 0.3 is 0 Å². The summed E-state index contributed by atoms with van der Waals surface area (Å²) in [5.41, 5.74) is 2.51. The van der Waals surface area contributed by atoms with Crippen LogP contribution >= 0.6 is 23.2 Å². The molecule has 1 aromatic heterocycles. The van der Waals surface area contributed by atoms with E-state index in [1.54, 1.807) is 6.07 Å². The number of nitrogens with one attached hydrogen (secondary N) is 1. The predicted molar refractivity (Wildman–Crippen MR) is 125 cm³/mol. The second-order valence-electron chi connectivity index (χ2n) is 7.81. The fourth-order valence-corrected chi connectivity index (χ4v) is 4.08. The highest BCUT2D eigenvalue weighted by Crippen LogP contribution is 2.27. The van der Waals surface area contributed by atoms with Crippen molar-refractivity contribution in [3.63, 3.8) is 0 Å². The summed E-state index contributed by atoms with van der Waals surface area (Å²) in [5.74, 6) is 1.06. The summed E-state index contributed by atoms with van der Waals surface area (Å²) in [7, 11) is 0. The van der Waals surface area contributed by atoms with Crippen molar-refractivity contribution in [2.24, 2.45) is 0 Å². The maximum atomic E-state index is 12.5. The molecule has 0 spiro atoms. The van der Waals surface area contributed by atoms with Gasteiger partial charge < -0.3 is 14.5 Å². The third-order valence-corrected chi connectivity index (χ3v) is 6.27. The van der Waals surface area contributed by atoms with Gasteiger partial charge in [0.25, 0.3) is 0 Å². The van der Waals surface area contributed by atoms with E-state index in [0.717, 1.165) is 17.7 Å². The smallest absolute Gasteiger partial charge is 0.226 e. The van der Waals surface area contributed by atoms with E-state index in [-0.39, 0.29) is 18.4 Å². The van der Waals surface area contributed by atoms with Crippen LogP contribution < -0.4 is 5.32 Å². The maximum Gasteiger partial charge on any atom is 0.226 e. The summed E-state index contributed by atoms with van der Waals surface area (Å²) < 4.78 is 11.6. The molecular formula is C24H25Cl2N3O3. The topological polar surface area (TPSA) is 67.6 Å². The van der Waals surface area contributed by atoms with Crippen LogP contribution in [0.4, 0.5) is 0 Å². The minimum Gasteiger partial charge on any atom is -0.441 e. The van der Waals surface area contributed by atoms with E-state index in [1.165, 1.54) is 0 Å². The first-order valence-electron chi connectivity index (χ1n) is 10.5. The zero-order valence-corrected chi connectivity index (χ0v) is 19.3. The quantitative estimate of drug-likeness (QED) is 0.546. The molecule has 1 aliphatic heterocycles. The normalized spacial score (nSPS) is 16.8. The molecule has 32 heavy (non-hydrogen) atoms. The van der Waals surface area contributed by atoms with Crippen LogP contribution in [0.2, 0.25) is 10.0 Å². The SMILES string of the molecule is Cc1oc(-c2ccccc2)nc1CC(=O)NC[C@H]1CN(Cc2cccc(Cl)c2Cl)CCO1. The van der Waals surface area contributed by atoms with E-state index in [0.29, 0.717) is 53.6 Å². The molecule has 3 aromatic rings. The molecule has 0 bridgehead atoms. The summed E-state index contributed by atoms with van der Waals surface area (Å²) in [6.07, 6.45) is 0.0698. The van der Waals surface area contributed by atoms with Gasteiger partial charge in [0, 0.05) is 31.7 Å².